The molecule has 1 amide bonds. The normalized spacial score (nSPS) is 16.6. The van der Waals surface area contributed by atoms with E-state index in [4.69, 9.17) is 21.1 Å². The second kappa shape index (κ2) is 8.42. The second-order valence-electron chi connectivity index (χ2n) is 6.50. The fraction of sp³-hybridized carbons (Fsp3) is 0.350. The van der Waals surface area contributed by atoms with Crippen molar-refractivity contribution in [2.24, 2.45) is 0 Å². The Balaban J connectivity index is 1.23. The zero-order valence-electron chi connectivity index (χ0n) is 14.9. The summed E-state index contributed by atoms with van der Waals surface area (Å²) in [5.74, 6) is 2.44. The molecule has 2 aliphatic rings. The molecule has 7 heteroatoms. The number of nitrogens with zero attached hydrogens (tertiary/aromatic N) is 2. The van der Waals surface area contributed by atoms with Gasteiger partial charge in [0.2, 0.25) is 6.79 Å². The number of hydrogen-bond acceptors (Lipinski definition) is 5. The van der Waals surface area contributed by atoms with E-state index in [-0.39, 0.29) is 12.7 Å². The van der Waals surface area contributed by atoms with Gasteiger partial charge in [0, 0.05) is 54.0 Å². The van der Waals surface area contributed by atoms with Crippen LogP contribution in [0, 0.1) is 0 Å². The number of carbonyl (C=O) groups excluding carboxylic acids is 1. The molecule has 27 heavy (non-hydrogen) atoms. The largest absolute Gasteiger partial charge is 0.454 e. The molecule has 0 atom stereocenters. The Bertz CT molecular complexity index is 807. The molecule has 0 spiro atoms. The highest BCUT2D eigenvalue weighted by Crippen LogP contribution is 2.32. The van der Waals surface area contributed by atoms with E-state index in [1.54, 1.807) is 12.1 Å². The van der Waals surface area contributed by atoms with E-state index in [1.165, 1.54) is 4.90 Å². The van der Waals surface area contributed by atoms with Crippen molar-refractivity contribution >= 4 is 29.3 Å². The van der Waals surface area contributed by atoms with Crippen molar-refractivity contribution in [1.29, 1.82) is 0 Å². The van der Waals surface area contributed by atoms with Crippen LogP contribution >= 0.6 is 23.4 Å². The first-order chi connectivity index (χ1) is 13.2. The van der Waals surface area contributed by atoms with Gasteiger partial charge in [0.15, 0.2) is 11.5 Å². The molecule has 0 unspecified atom stereocenters. The van der Waals surface area contributed by atoms with Gasteiger partial charge >= 0.3 is 0 Å². The number of ether oxygens (including phenoxy) is 2. The van der Waals surface area contributed by atoms with Gasteiger partial charge in [0.1, 0.15) is 0 Å². The highest BCUT2D eigenvalue weighted by Gasteiger charge is 2.24. The lowest BCUT2D eigenvalue weighted by Crippen LogP contribution is -2.49. The fourth-order valence-corrected chi connectivity index (χ4v) is 4.25. The zero-order valence-corrected chi connectivity index (χ0v) is 16.5. The summed E-state index contributed by atoms with van der Waals surface area (Å²) in [7, 11) is 0. The standard InChI is InChI=1S/C20H21ClN2O3S/c21-16-2-4-17(5-3-16)27-12-11-22-7-9-23(10-8-22)20(24)15-1-6-18-19(13-15)26-14-25-18/h1-6,13H,7-12,14H2. The molecule has 1 saturated heterocycles. The van der Waals surface area contributed by atoms with E-state index in [2.05, 4.69) is 17.0 Å². The molecular formula is C20H21ClN2O3S. The van der Waals surface area contributed by atoms with Crippen LogP contribution in [0.15, 0.2) is 47.4 Å². The molecule has 0 aromatic heterocycles. The highest BCUT2D eigenvalue weighted by molar-refractivity contribution is 7.99. The molecule has 0 radical (unpaired) electrons. The maximum atomic E-state index is 12.7. The van der Waals surface area contributed by atoms with Gasteiger partial charge in [-0.25, -0.2) is 0 Å². The lowest BCUT2D eigenvalue weighted by atomic mass is 10.1. The number of carbonyl (C=O) groups is 1. The fourth-order valence-electron chi connectivity index (χ4n) is 3.21. The average molecular weight is 405 g/mol. The van der Waals surface area contributed by atoms with Crippen molar-refractivity contribution in [2.75, 3.05) is 45.3 Å². The van der Waals surface area contributed by atoms with E-state index in [0.29, 0.717) is 17.1 Å². The van der Waals surface area contributed by atoms with Crippen molar-refractivity contribution < 1.29 is 14.3 Å². The van der Waals surface area contributed by atoms with E-state index in [9.17, 15) is 4.79 Å². The summed E-state index contributed by atoms with van der Waals surface area (Å²) in [5.41, 5.74) is 0.658. The molecule has 2 aromatic rings. The summed E-state index contributed by atoms with van der Waals surface area (Å²) in [4.78, 5) is 18.3. The third kappa shape index (κ3) is 4.51. The number of hydrogen-bond donors (Lipinski definition) is 0. The molecule has 0 bridgehead atoms. The third-order valence-electron chi connectivity index (χ3n) is 4.77. The maximum Gasteiger partial charge on any atom is 0.254 e. The molecule has 0 aliphatic carbocycles. The number of fused-ring (bicyclic) bond motifs is 1. The molecule has 1 fully saturated rings. The minimum atomic E-state index is 0.0588. The summed E-state index contributed by atoms with van der Waals surface area (Å²) in [5, 5.41) is 0.766. The molecule has 142 valence electrons. The van der Waals surface area contributed by atoms with Crippen molar-refractivity contribution in [3.8, 4) is 11.5 Å². The predicted molar refractivity (Wildman–Crippen MR) is 107 cm³/mol. The average Bonchev–Trinajstić information content (AvgIpc) is 3.17. The van der Waals surface area contributed by atoms with E-state index in [0.717, 1.165) is 43.5 Å². The van der Waals surface area contributed by atoms with Crippen LogP contribution in [0.4, 0.5) is 0 Å². The summed E-state index contributed by atoms with van der Waals surface area (Å²) >= 11 is 7.75. The van der Waals surface area contributed by atoms with Crippen LogP contribution in [0.25, 0.3) is 0 Å². The van der Waals surface area contributed by atoms with Crippen molar-refractivity contribution in [3.63, 3.8) is 0 Å². The lowest BCUT2D eigenvalue weighted by Gasteiger charge is -2.34. The van der Waals surface area contributed by atoms with Gasteiger partial charge < -0.3 is 14.4 Å². The van der Waals surface area contributed by atoms with Gasteiger partial charge in [0.25, 0.3) is 5.91 Å². The van der Waals surface area contributed by atoms with Gasteiger partial charge in [-0.15, -0.1) is 11.8 Å². The smallest absolute Gasteiger partial charge is 0.254 e. The zero-order chi connectivity index (χ0) is 18.6. The van der Waals surface area contributed by atoms with Crippen LogP contribution in [0.5, 0.6) is 11.5 Å². The first-order valence-electron chi connectivity index (χ1n) is 8.99. The molecule has 2 aliphatic heterocycles. The van der Waals surface area contributed by atoms with E-state index >= 15 is 0 Å². The number of piperazine rings is 1. The minimum absolute atomic E-state index is 0.0588. The van der Waals surface area contributed by atoms with Crippen molar-refractivity contribution in [1.82, 2.24) is 9.80 Å². The summed E-state index contributed by atoms with van der Waals surface area (Å²) in [6.45, 7) is 4.53. The Morgan fingerprint density at radius 2 is 1.74 bits per heavy atom. The molecule has 0 saturated carbocycles. The highest BCUT2D eigenvalue weighted by atomic mass is 35.5. The Morgan fingerprint density at radius 1 is 1.00 bits per heavy atom. The molecule has 5 nitrogen and oxygen atoms in total. The molecular weight excluding hydrogens is 384 g/mol. The number of amides is 1. The van der Waals surface area contributed by atoms with Crippen LogP contribution in [-0.4, -0.2) is 61.0 Å². The van der Waals surface area contributed by atoms with Gasteiger partial charge in [-0.1, -0.05) is 11.6 Å². The quantitative estimate of drug-likeness (QED) is 0.712. The first kappa shape index (κ1) is 18.5. The van der Waals surface area contributed by atoms with Gasteiger partial charge in [-0.05, 0) is 42.5 Å². The molecule has 2 heterocycles. The first-order valence-corrected chi connectivity index (χ1v) is 10.3. The third-order valence-corrected chi connectivity index (χ3v) is 6.01. The van der Waals surface area contributed by atoms with Crippen LogP contribution in [0.1, 0.15) is 10.4 Å². The lowest BCUT2D eigenvalue weighted by molar-refractivity contribution is 0.0644. The minimum Gasteiger partial charge on any atom is -0.454 e. The number of rotatable bonds is 5. The van der Waals surface area contributed by atoms with Gasteiger partial charge in [0.05, 0.1) is 0 Å². The van der Waals surface area contributed by atoms with Crippen molar-refractivity contribution in [3.05, 3.63) is 53.1 Å². The number of halogens is 1. The Morgan fingerprint density at radius 3 is 2.52 bits per heavy atom. The second-order valence-corrected chi connectivity index (χ2v) is 8.11. The van der Waals surface area contributed by atoms with Crippen LogP contribution in [-0.2, 0) is 0 Å². The van der Waals surface area contributed by atoms with Gasteiger partial charge in [-0.3, -0.25) is 9.69 Å². The monoisotopic (exact) mass is 404 g/mol. The molecule has 4 rings (SSSR count). The Labute approximate surface area is 168 Å². The summed E-state index contributed by atoms with van der Waals surface area (Å²) in [6, 6.07) is 13.3. The van der Waals surface area contributed by atoms with Crippen LogP contribution in [0.3, 0.4) is 0 Å². The Hall–Kier alpha value is -1.89. The summed E-state index contributed by atoms with van der Waals surface area (Å²) in [6.07, 6.45) is 0. The Kier molecular flexibility index (Phi) is 5.76. The van der Waals surface area contributed by atoms with Crippen LogP contribution < -0.4 is 9.47 Å². The summed E-state index contributed by atoms with van der Waals surface area (Å²) < 4.78 is 10.7. The van der Waals surface area contributed by atoms with Gasteiger partial charge in [-0.2, -0.15) is 0 Å². The molecule has 2 aromatic carbocycles. The SMILES string of the molecule is O=C(c1ccc2c(c1)OCO2)N1CCN(CCSc2ccc(Cl)cc2)CC1. The maximum absolute atomic E-state index is 12.7. The topological polar surface area (TPSA) is 42.0 Å². The number of thioether (sulfide) groups is 1. The van der Waals surface area contributed by atoms with Crippen LogP contribution in [0.2, 0.25) is 5.02 Å². The predicted octanol–water partition coefficient (Wildman–Crippen LogP) is 3.62. The van der Waals surface area contributed by atoms with E-state index in [1.807, 2.05) is 34.9 Å². The molecule has 0 N–H and O–H groups in total. The van der Waals surface area contributed by atoms with E-state index < -0.39 is 0 Å². The number of benzene rings is 2. The van der Waals surface area contributed by atoms with Crippen molar-refractivity contribution in [2.45, 2.75) is 4.90 Å².